The van der Waals surface area contributed by atoms with Crippen molar-refractivity contribution in [2.45, 2.75) is 58.0 Å². The van der Waals surface area contributed by atoms with E-state index in [9.17, 15) is 18.0 Å². The average molecular weight is 570 g/mol. The van der Waals surface area contributed by atoms with Gasteiger partial charge >= 0.3 is 0 Å². The molecule has 1 N–H and O–H groups in total. The number of hydrogen-bond donors (Lipinski definition) is 1. The predicted molar refractivity (Wildman–Crippen MR) is 156 cm³/mol. The van der Waals surface area contributed by atoms with Crippen LogP contribution in [0.1, 0.15) is 43.4 Å². The summed E-state index contributed by atoms with van der Waals surface area (Å²) in [6, 6.07) is 19.9. The Morgan fingerprint density at radius 3 is 2.21 bits per heavy atom. The summed E-state index contributed by atoms with van der Waals surface area (Å²) in [7, 11) is -4.13. The van der Waals surface area contributed by atoms with Gasteiger partial charge in [0, 0.05) is 18.1 Å². The molecule has 1 atom stereocenters. The van der Waals surface area contributed by atoms with E-state index < -0.39 is 28.5 Å². The highest BCUT2D eigenvalue weighted by molar-refractivity contribution is 7.92. The van der Waals surface area contributed by atoms with Gasteiger partial charge in [0.25, 0.3) is 10.0 Å². The molecule has 9 heteroatoms. The number of hydrogen-bond acceptors (Lipinski definition) is 4. The summed E-state index contributed by atoms with van der Waals surface area (Å²) >= 11 is 6.17. The summed E-state index contributed by atoms with van der Waals surface area (Å²) in [4.78, 5) is 28.7. The predicted octanol–water partition coefficient (Wildman–Crippen LogP) is 5.49. The van der Waals surface area contributed by atoms with Crippen molar-refractivity contribution in [1.29, 1.82) is 0 Å². The zero-order valence-corrected chi connectivity index (χ0v) is 24.4. The molecule has 0 aromatic heterocycles. The van der Waals surface area contributed by atoms with Crippen molar-refractivity contribution < 1.29 is 18.0 Å². The highest BCUT2D eigenvalue weighted by Gasteiger charge is 2.34. The summed E-state index contributed by atoms with van der Waals surface area (Å²) < 4.78 is 29.0. The van der Waals surface area contributed by atoms with E-state index in [2.05, 4.69) is 5.32 Å². The third-order valence-corrected chi connectivity index (χ3v) is 8.46. The van der Waals surface area contributed by atoms with Gasteiger partial charge in [-0.25, -0.2) is 8.42 Å². The molecule has 0 fully saturated rings. The Balaban J connectivity index is 2.07. The van der Waals surface area contributed by atoms with Crippen molar-refractivity contribution in [3.05, 3.63) is 94.5 Å². The molecule has 3 aromatic carbocycles. The number of aryl methyl sites for hydroxylation is 2. The van der Waals surface area contributed by atoms with Crippen LogP contribution in [0.5, 0.6) is 0 Å². The maximum atomic E-state index is 14.0. The lowest BCUT2D eigenvalue weighted by atomic mass is 10.1. The highest BCUT2D eigenvalue weighted by atomic mass is 35.5. The van der Waals surface area contributed by atoms with Crippen LogP contribution in [-0.4, -0.2) is 44.3 Å². The number of sulfonamides is 1. The largest absolute Gasteiger partial charge is 0.354 e. The first-order valence-corrected chi connectivity index (χ1v) is 14.9. The van der Waals surface area contributed by atoms with Gasteiger partial charge in [-0.1, -0.05) is 73.5 Å². The number of nitrogens with zero attached hydrogens (tertiary/aromatic N) is 2. The van der Waals surface area contributed by atoms with Crippen LogP contribution in [0, 0.1) is 13.8 Å². The van der Waals surface area contributed by atoms with Gasteiger partial charge in [-0.05, 0) is 68.1 Å². The minimum atomic E-state index is -4.13. The number of anilines is 1. The second kappa shape index (κ2) is 13.6. The van der Waals surface area contributed by atoms with Crippen LogP contribution in [0.4, 0.5) is 5.69 Å². The number of carbonyl (C=O) groups is 2. The Morgan fingerprint density at radius 1 is 0.949 bits per heavy atom. The van der Waals surface area contributed by atoms with Crippen LogP contribution in [0.25, 0.3) is 0 Å². The lowest BCUT2D eigenvalue weighted by Gasteiger charge is -2.33. The van der Waals surface area contributed by atoms with Crippen molar-refractivity contribution in [2.75, 3.05) is 17.4 Å². The van der Waals surface area contributed by atoms with Gasteiger partial charge in [0.2, 0.25) is 11.8 Å². The highest BCUT2D eigenvalue weighted by Crippen LogP contribution is 2.29. The molecule has 3 rings (SSSR count). The van der Waals surface area contributed by atoms with Crippen molar-refractivity contribution >= 4 is 39.1 Å². The lowest BCUT2D eigenvalue weighted by molar-refractivity contribution is -0.140. The number of nitrogens with one attached hydrogen (secondary N) is 1. The van der Waals surface area contributed by atoms with E-state index >= 15 is 0 Å². The molecule has 0 saturated heterocycles. The molecule has 0 bridgehead atoms. The second-order valence-corrected chi connectivity index (χ2v) is 11.8. The topological polar surface area (TPSA) is 86.8 Å². The molecule has 2 amide bonds. The van der Waals surface area contributed by atoms with Crippen LogP contribution in [0.2, 0.25) is 5.02 Å². The molecule has 0 unspecified atom stereocenters. The fourth-order valence-electron chi connectivity index (χ4n) is 4.32. The first kappa shape index (κ1) is 30.2. The molecule has 0 spiro atoms. The van der Waals surface area contributed by atoms with E-state index in [1.165, 1.54) is 17.0 Å². The monoisotopic (exact) mass is 569 g/mol. The third kappa shape index (κ3) is 7.61. The molecule has 0 aliphatic carbocycles. The van der Waals surface area contributed by atoms with Gasteiger partial charge in [0.05, 0.1) is 10.6 Å². The molecular formula is C30H36ClN3O4S. The zero-order valence-electron chi connectivity index (χ0n) is 22.9. The first-order valence-electron chi connectivity index (χ1n) is 13.0. The van der Waals surface area contributed by atoms with E-state index in [4.69, 9.17) is 11.6 Å². The molecule has 0 aliphatic rings. The van der Waals surface area contributed by atoms with Crippen molar-refractivity contribution in [3.8, 4) is 0 Å². The number of benzene rings is 3. The van der Waals surface area contributed by atoms with E-state index in [0.29, 0.717) is 29.2 Å². The van der Waals surface area contributed by atoms with Crippen molar-refractivity contribution in [2.24, 2.45) is 0 Å². The van der Waals surface area contributed by atoms with Crippen LogP contribution in [0.3, 0.4) is 0 Å². The first-order chi connectivity index (χ1) is 18.6. The van der Waals surface area contributed by atoms with Gasteiger partial charge in [0.1, 0.15) is 12.6 Å². The Kier molecular flexibility index (Phi) is 10.5. The fourth-order valence-corrected chi connectivity index (χ4v) is 6.02. The average Bonchev–Trinajstić information content (AvgIpc) is 2.91. The summed E-state index contributed by atoms with van der Waals surface area (Å²) in [5, 5.41) is 3.34. The molecule has 0 radical (unpaired) electrons. The van der Waals surface area contributed by atoms with Gasteiger partial charge in [0.15, 0.2) is 0 Å². The van der Waals surface area contributed by atoms with Gasteiger partial charge in [-0.15, -0.1) is 0 Å². The molecular weight excluding hydrogens is 534 g/mol. The Hall–Kier alpha value is -3.36. The summed E-state index contributed by atoms with van der Waals surface area (Å²) in [5.41, 5.74) is 2.70. The van der Waals surface area contributed by atoms with E-state index in [1.54, 1.807) is 37.3 Å². The standard InChI is InChI=1S/C30H36ClN3O4S/c1-5-18-32-30(36)27(6-2)33(20-24-10-8-7-9-11-24)29(35)21-34(28-17-14-25(31)19-23(28)4)39(37,38)26-15-12-22(3)13-16-26/h7-17,19,27H,5-6,18,20-21H2,1-4H3,(H,32,36)/t27-/m1/s1. The van der Waals surface area contributed by atoms with E-state index in [1.807, 2.05) is 51.1 Å². The quantitative estimate of drug-likeness (QED) is 0.313. The van der Waals surface area contributed by atoms with Gasteiger partial charge in [-0.2, -0.15) is 0 Å². The SMILES string of the molecule is CCCNC(=O)[C@@H](CC)N(Cc1ccccc1)C(=O)CN(c1ccc(Cl)cc1C)S(=O)(=O)c1ccc(C)cc1. The van der Waals surface area contributed by atoms with Gasteiger partial charge in [-0.3, -0.25) is 13.9 Å². The Bertz CT molecular complexity index is 1380. The number of rotatable bonds is 12. The fraction of sp³-hybridized carbons (Fsp3) is 0.333. The van der Waals surface area contributed by atoms with E-state index in [0.717, 1.165) is 21.9 Å². The lowest BCUT2D eigenvalue weighted by Crippen LogP contribution is -2.52. The molecule has 3 aromatic rings. The normalized spacial score (nSPS) is 12.0. The van der Waals surface area contributed by atoms with Crippen LogP contribution >= 0.6 is 11.6 Å². The number of carbonyl (C=O) groups excluding carboxylic acids is 2. The third-order valence-electron chi connectivity index (χ3n) is 6.45. The summed E-state index contributed by atoms with van der Waals surface area (Å²) in [5.74, 6) is -0.748. The zero-order chi connectivity index (χ0) is 28.6. The van der Waals surface area contributed by atoms with Crippen LogP contribution in [-0.2, 0) is 26.2 Å². The minimum absolute atomic E-state index is 0.0672. The van der Waals surface area contributed by atoms with Gasteiger partial charge < -0.3 is 10.2 Å². The number of amides is 2. The Morgan fingerprint density at radius 2 is 1.62 bits per heavy atom. The smallest absolute Gasteiger partial charge is 0.264 e. The van der Waals surface area contributed by atoms with E-state index in [-0.39, 0.29) is 17.3 Å². The molecule has 208 valence electrons. The van der Waals surface area contributed by atoms with Crippen molar-refractivity contribution in [1.82, 2.24) is 10.2 Å². The Labute approximate surface area is 236 Å². The summed E-state index contributed by atoms with van der Waals surface area (Å²) in [6.45, 7) is 7.58. The van der Waals surface area contributed by atoms with Crippen LogP contribution < -0.4 is 9.62 Å². The van der Waals surface area contributed by atoms with Crippen LogP contribution in [0.15, 0.2) is 77.7 Å². The molecule has 39 heavy (non-hydrogen) atoms. The minimum Gasteiger partial charge on any atom is -0.354 e. The number of halogens is 1. The maximum Gasteiger partial charge on any atom is 0.264 e. The second-order valence-electron chi connectivity index (χ2n) is 9.48. The molecule has 0 saturated carbocycles. The molecule has 0 heterocycles. The van der Waals surface area contributed by atoms with Crippen molar-refractivity contribution in [3.63, 3.8) is 0 Å². The maximum absolute atomic E-state index is 14.0. The molecule has 7 nitrogen and oxygen atoms in total. The molecule has 0 aliphatic heterocycles. The summed E-state index contributed by atoms with van der Waals surface area (Å²) in [6.07, 6.45) is 1.13.